The average molecular weight is 266 g/mol. The van der Waals surface area contributed by atoms with E-state index >= 15 is 0 Å². The lowest BCUT2D eigenvalue weighted by Crippen LogP contribution is -1.80. The molecule has 98 valence electrons. The molecule has 1 aliphatic rings. The summed E-state index contributed by atoms with van der Waals surface area (Å²) >= 11 is 0. The van der Waals surface area contributed by atoms with Gasteiger partial charge in [-0.25, -0.2) is 0 Å². The van der Waals surface area contributed by atoms with Gasteiger partial charge in [0.2, 0.25) is 0 Å². The third-order valence-corrected chi connectivity index (χ3v) is 4.64. The minimum absolute atomic E-state index is 1.32. The standard InChI is InChI=1S/C21H14/c1-13-9-10-16-19(11-13)18-8-4-7-17-15-6-3-2-5-14(15)12-20(16)21(17)18/h2-12H,1H3. The Morgan fingerprint density at radius 1 is 0.571 bits per heavy atom. The summed E-state index contributed by atoms with van der Waals surface area (Å²) in [6.07, 6.45) is 0. The molecule has 0 fully saturated rings. The highest BCUT2D eigenvalue weighted by Crippen LogP contribution is 2.49. The molecule has 0 aliphatic heterocycles. The Morgan fingerprint density at radius 3 is 2.38 bits per heavy atom. The quantitative estimate of drug-likeness (QED) is 0.304. The van der Waals surface area contributed by atoms with Crippen molar-refractivity contribution in [2.75, 3.05) is 0 Å². The Hall–Kier alpha value is -2.60. The van der Waals surface area contributed by atoms with Gasteiger partial charge in [-0.05, 0) is 56.8 Å². The molecular formula is C21H14. The van der Waals surface area contributed by atoms with Crippen molar-refractivity contribution in [2.24, 2.45) is 0 Å². The van der Waals surface area contributed by atoms with E-state index in [0.29, 0.717) is 0 Å². The van der Waals surface area contributed by atoms with E-state index in [-0.39, 0.29) is 0 Å². The normalized spacial score (nSPS) is 12.0. The van der Waals surface area contributed by atoms with Crippen LogP contribution in [0.2, 0.25) is 0 Å². The molecule has 0 spiro atoms. The van der Waals surface area contributed by atoms with Crippen molar-refractivity contribution < 1.29 is 0 Å². The number of aryl methyl sites for hydroxylation is 1. The fraction of sp³-hybridized carbons (Fsp3) is 0.0476. The highest BCUT2D eigenvalue weighted by molar-refractivity contribution is 6.23. The Bertz CT molecular complexity index is 1040. The van der Waals surface area contributed by atoms with Gasteiger partial charge < -0.3 is 0 Å². The summed E-state index contributed by atoms with van der Waals surface area (Å²) in [5.74, 6) is 0. The van der Waals surface area contributed by atoms with E-state index in [0.717, 1.165) is 0 Å². The molecule has 0 heteroatoms. The Morgan fingerprint density at radius 2 is 1.43 bits per heavy atom. The maximum absolute atomic E-state index is 2.35. The molecule has 1 aliphatic carbocycles. The number of rotatable bonds is 0. The lowest BCUT2D eigenvalue weighted by Gasteiger charge is -2.07. The van der Waals surface area contributed by atoms with Crippen LogP contribution in [0.3, 0.4) is 0 Å². The zero-order valence-corrected chi connectivity index (χ0v) is 11.9. The lowest BCUT2D eigenvalue weighted by atomic mass is 9.97. The van der Waals surface area contributed by atoms with Gasteiger partial charge in [0.25, 0.3) is 0 Å². The van der Waals surface area contributed by atoms with Gasteiger partial charge in [-0.15, -0.1) is 0 Å². The SMILES string of the molecule is Cc1ccc2c(c1)-c1cccc3c1c-2cc1ccccc13. The first-order valence-corrected chi connectivity index (χ1v) is 7.39. The van der Waals surface area contributed by atoms with Crippen LogP contribution in [0.15, 0.2) is 66.7 Å². The van der Waals surface area contributed by atoms with Crippen molar-refractivity contribution in [2.45, 2.75) is 6.92 Å². The van der Waals surface area contributed by atoms with Gasteiger partial charge in [-0.1, -0.05) is 66.2 Å². The fourth-order valence-electron chi connectivity index (χ4n) is 3.72. The van der Waals surface area contributed by atoms with Gasteiger partial charge in [0.1, 0.15) is 0 Å². The Balaban J connectivity index is 2.08. The predicted octanol–water partition coefficient (Wildman–Crippen LogP) is 5.95. The topological polar surface area (TPSA) is 0 Å². The molecule has 0 radical (unpaired) electrons. The zero-order chi connectivity index (χ0) is 14.0. The van der Waals surface area contributed by atoms with Gasteiger partial charge in [0.15, 0.2) is 0 Å². The number of benzene rings is 4. The molecule has 5 rings (SSSR count). The minimum atomic E-state index is 1.32. The van der Waals surface area contributed by atoms with Crippen LogP contribution in [-0.2, 0) is 0 Å². The first-order chi connectivity index (χ1) is 10.3. The van der Waals surface area contributed by atoms with E-state index < -0.39 is 0 Å². The lowest BCUT2D eigenvalue weighted by molar-refractivity contribution is 1.48. The number of hydrogen-bond donors (Lipinski definition) is 0. The predicted molar refractivity (Wildman–Crippen MR) is 90.6 cm³/mol. The second-order valence-corrected chi connectivity index (χ2v) is 5.92. The van der Waals surface area contributed by atoms with Gasteiger partial charge in [0, 0.05) is 0 Å². The smallest absolute Gasteiger partial charge is 0.00199 e. The number of fused-ring (bicyclic) bond motifs is 5. The summed E-state index contributed by atoms with van der Waals surface area (Å²) in [6.45, 7) is 2.17. The Labute approximate surface area is 123 Å². The van der Waals surface area contributed by atoms with Gasteiger partial charge in [-0.2, -0.15) is 0 Å². The second kappa shape index (κ2) is 3.73. The molecule has 4 aromatic rings. The van der Waals surface area contributed by atoms with Crippen LogP contribution in [-0.4, -0.2) is 0 Å². The van der Waals surface area contributed by atoms with Crippen LogP contribution < -0.4 is 0 Å². The first-order valence-electron chi connectivity index (χ1n) is 7.39. The van der Waals surface area contributed by atoms with Crippen molar-refractivity contribution >= 4 is 21.5 Å². The third kappa shape index (κ3) is 1.34. The van der Waals surface area contributed by atoms with Crippen molar-refractivity contribution in [3.8, 4) is 22.3 Å². The molecule has 0 saturated heterocycles. The van der Waals surface area contributed by atoms with E-state index in [9.17, 15) is 0 Å². The maximum atomic E-state index is 2.35. The first kappa shape index (κ1) is 11.1. The molecule has 4 aromatic carbocycles. The van der Waals surface area contributed by atoms with Crippen LogP contribution in [0.4, 0.5) is 0 Å². The molecule has 0 bridgehead atoms. The summed E-state index contributed by atoms with van der Waals surface area (Å²) in [7, 11) is 0. The highest BCUT2D eigenvalue weighted by atomic mass is 14.2. The zero-order valence-electron chi connectivity index (χ0n) is 11.9. The fourth-order valence-corrected chi connectivity index (χ4v) is 3.72. The summed E-state index contributed by atoms with van der Waals surface area (Å²) in [6, 6.07) is 24.5. The van der Waals surface area contributed by atoms with Crippen molar-refractivity contribution in [3.05, 3.63) is 72.3 Å². The van der Waals surface area contributed by atoms with Crippen molar-refractivity contribution in [1.29, 1.82) is 0 Å². The van der Waals surface area contributed by atoms with E-state index in [2.05, 4.69) is 73.7 Å². The third-order valence-electron chi connectivity index (χ3n) is 4.64. The van der Waals surface area contributed by atoms with E-state index in [1.165, 1.54) is 49.4 Å². The molecule has 0 amide bonds. The minimum Gasteiger partial charge on any atom is -0.0616 e. The van der Waals surface area contributed by atoms with Crippen molar-refractivity contribution in [3.63, 3.8) is 0 Å². The van der Waals surface area contributed by atoms with Gasteiger partial charge in [-0.3, -0.25) is 0 Å². The summed E-state index contributed by atoms with van der Waals surface area (Å²) in [5.41, 5.74) is 6.84. The largest absolute Gasteiger partial charge is 0.0616 e. The van der Waals surface area contributed by atoms with Crippen LogP contribution in [0, 0.1) is 6.92 Å². The molecule has 0 atom stereocenters. The highest BCUT2D eigenvalue weighted by Gasteiger charge is 2.22. The molecule has 0 saturated carbocycles. The Kier molecular flexibility index (Phi) is 1.97. The molecular weight excluding hydrogens is 252 g/mol. The van der Waals surface area contributed by atoms with Crippen molar-refractivity contribution in [1.82, 2.24) is 0 Å². The molecule has 0 N–H and O–H groups in total. The molecule has 0 nitrogen and oxygen atoms in total. The average Bonchev–Trinajstić information content (AvgIpc) is 2.83. The molecule has 0 heterocycles. The molecule has 0 unspecified atom stereocenters. The molecule has 0 aromatic heterocycles. The summed E-state index contributed by atoms with van der Waals surface area (Å²) in [4.78, 5) is 0. The van der Waals surface area contributed by atoms with Crippen LogP contribution in [0.1, 0.15) is 5.56 Å². The maximum Gasteiger partial charge on any atom is -0.00199 e. The molecule has 21 heavy (non-hydrogen) atoms. The summed E-state index contributed by atoms with van der Waals surface area (Å²) in [5, 5.41) is 5.46. The van der Waals surface area contributed by atoms with E-state index in [4.69, 9.17) is 0 Å². The van der Waals surface area contributed by atoms with E-state index in [1.807, 2.05) is 0 Å². The second-order valence-electron chi connectivity index (χ2n) is 5.92. The number of hydrogen-bond acceptors (Lipinski definition) is 0. The van der Waals surface area contributed by atoms with E-state index in [1.54, 1.807) is 0 Å². The van der Waals surface area contributed by atoms with Gasteiger partial charge >= 0.3 is 0 Å². The van der Waals surface area contributed by atoms with Crippen LogP contribution in [0.5, 0.6) is 0 Å². The van der Waals surface area contributed by atoms with Crippen LogP contribution in [0.25, 0.3) is 43.8 Å². The monoisotopic (exact) mass is 266 g/mol. The van der Waals surface area contributed by atoms with Crippen LogP contribution >= 0.6 is 0 Å². The summed E-state index contributed by atoms with van der Waals surface area (Å²) < 4.78 is 0. The van der Waals surface area contributed by atoms with Gasteiger partial charge in [0.05, 0.1) is 0 Å².